The molecule has 592 valence electrons. The van der Waals surface area contributed by atoms with Gasteiger partial charge in [-0.25, -0.2) is 9.13 Å². The molecule has 0 aromatic heterocycles. The van der Waals surface area contributed by atoms with Crippen LogP contribution in [0.1, 0.15) is 426 Å². The second-order valence-corrected chi connectivity index (χ2v) is 31.7. The summed E-state index contributed by atoms with van der Waals surface area (Å²) in [5, 5.41) is 10.6. The van der Waals surface area contributed by atoms with Gasteiger partial charge in [-0.15, -0.1) is 0 Å². The molecule has 0 rings (SSSR count). The minimum atomic E-state index is -4.96. The molecule has 5 atom stereocenters. The molecule has 0 bridgehead atoms. The number of ether oxygens (including phenoxy) is 4. The maximum Gasteiger partial charge on any atom is 0.472 e. The molecule has 19 heteroatoms. The summed E-state index contributed by atoms with van der Waals surface area (Å²) >= 11 is 0. The number of hydrogen-bond donors (Lipinski definition) is 3. The summed E-state index contributed by atoms with van der Waals surface area (Å²) in [4.78, 5) is 73.1. The summed E-state index contributed by atoms with van der Waals surface area (Å²) in [5.74, 6) is -2.12. The molecule has 0 fully saturated rings. The van der Waals surface area contributed by atoms with E-state index in [0.29, 0.717) is 25.7 Å². The Labute approximate surface area is 612 Å². The van der Waals surface area contributed by atoms with Crippen molar-refractivity contribution >= 4 is 39.5 Å². The van der Waals surface area contributed by atoms with E-state index in [-0.39, 0.29) is 25.7 Å². The fraction of sp³-hybridized carbons (Fsp3) is 0.926. The molecule has 0 aromatic carbocycles. The first-order valence-electron chi connectivity index (χ1n) is 41.9. The zero-order valence-corrected chi connectivity index (χ0v) is 66.7. The van der Waals surface area contributed by atoms with Gasteiger partial charge in [0.25, 0.3) is 0 Å². The van der Waals surface area contributed by atoms with Gasteiger partial charge in [-0.3, -0.25) is 37.3 Å². The van der Waals surface area contributed by atoms with Crippen LogP contribution in [0.4, 0.5) is 0 Å². The van der Waals surface area contributed by atoms with Crippen LogP contribution >= 0.6 is 15.6 Å². The second-order valence-electron chi connectivity index (χ2n) is 28.8. The van der Waals surface area contributed by atoms with Crippen LogP contribution in [0.25, 0.3) is 0 Å². The number of carbonyl (C=O) groups is 4. The summed E-state index contributed by atoms with van der Waals surface area (Å²) in [7, 11) is -9.93. The van der Waals surface area contributed by atoms with Crippen LogP contribution in [0.5, 0.6) is 0 Å². The maximum absolute atomic E-state index is 13.1. The Morgan fingerprint density at radius 2 is 0.460 bits per heavy atom. The first kappa shape index (κ1) is 97.8. The Morgan fingerprint density at radius 3 is 0.690 bits per heavy atom. The number of rotatable bonds is 81. The zero-order valence-electron chi connectivity index (χ0n) is 64.9. The van der Waals surface area contributed by atoms with Crippen LogP contribution in [-0.2, 0) is 65.4 Å². The molecule has 0 amide bonds. The number of aliphatic hydroxyl groups excluding tert-OH is 1. The van der Waals surface area contributed by atoms with Gasteiger partial charge in [-0.05, 0) is 51.4 Å². The SMILES string of the molecule is CCCCCCCC/C=C\CCCCCCCC(=O)O[C@H](COC(=O)CCCCCCCCCCCCCCC)COP(=O)(O)OC[C@H](O)COP(=O)(O)OC[C@@H](COC(=O)CCCCCCCCCCCCCCCCC)OC(=O)CCCCCCCCCCCCCCCCCCC. The number of phosphoric acid groups is 2. The molecular formula is C81H156O17P2. The minimum absolute atomic E-state index is 0.0952. The average molecular weight is 1460 g/mol. The zero-order chi connectivity index (χ0) is 73.2. The number of aliphatic hydroxyl groups is 1. The average Bonchev–Trinajstić information content (AvgIpc) is 0.938. The van der Waals surface area contributed by atoms with Crippen LogP contribution in [0.3, 0.4) is 0 Å². The topological polar surface area (TPSA) is 237 Å². The number of carbonyl (C=O) groups excluding carboxylic acids is 4. The van der Waals surface area contributed by atoms with E-state index in [4.69, 9.17) is 37.0 Å². The first-order chi connectivity index (χ1) is 48.7. The predicted molar refractivity (Wildman–Crippen MR) is 409 cm³/mol. The lowest BCUT2D eigenvalue weighted by atomic mass is 10.0. The van der Waals surface area contributed by atoms with Gasteiger partial charge in [0.15, 0.2) is 12.2 Å². The molecule has 0 spiro atoms. The number of hydrogen-bond acceptors (Lipinski definition) is 15. The van der Waals surface area contributed by atoms with Gasteiger partial charge < -0.3 is 33.8 Å². The van der Waals surface area contributed by atoms with Crippen molar-refractivity contribution in [1.29, 1.82) is 0 Å². The number of phosphoric ester groups is 2. The molecule has 3 N–H and O–H groups in total. The van der Waals surface area contributed by atoms with E-state index in [1.807, 2.05) is 0 Å². The van der Waals surface area contributed by atoms with Crippen molar-refractivity contribution in [3.63, 3.8) is 0 Å². The Morgan fingerprint density at radius 1 is 0.270 bits per heavy atom. The monoisotopic (exact) mass is 1460 g/mol. The highest BCUT2D eigenvalue weighted by Gasteiger charge is 2.30. The molecule has 0 aliphatic rings. The molecular weight excluding hydrogens is 1310 g/mol. The Kier molecular flexibility index (Phi) is 73.4. The molecule has 0 aliphatic heterocycles. The van der Waals surface area contributed by atoms with Gasteiger partial charge in [0.1, 0.15) is 19.3 Å². The fourth-order valence-electron chi connectivity index (χ4n) is 12.3. The Balaban J connectivity index is 5.28. The third-order valence-corrected chi connectivity index (χ3v) is 20.7. The normalized spacial score (nSPS) is 13.9. The van der Waals surface area contributed by atoms with E-state index < -0.39 is 97.5 Å². The molecule has 0 radical (unpaired) electrons. The van der Waals surface area contributed by atoms with Crippen LogP contribution in [-0.4, -0.2) is 96.7 Å². The maximum atomic E-state index is 13.1. The summed E-state index contributed by atoms with van der Waals surface area (Å²) in [5.41, 5.74) is 0. The van der Waals surface area contributed by atoms with Crippen molar-refractivity contribution in [1.82, 2.24) is 0 Å². The number of allylic oxidation sites excluding steroid dienone is 2. The Bertz CT molecular complexity index is 1940. The van der Waals surface area contributed by atoms with E-state index in [0.717, 1.165) is 103 Å². The van der Waals surface area contributed by atoms with E-state index in [9.17, 15) is 43.2 Å². The third-order valence-electron chi connectivity index (χ3n) is 18.8. The van der Waals surface area contributed by atoms with Crippen molar-refractivity contribution < 1.29 is 80.2 Å². The second kappa shape index (κ2) is 75.0. The van der Waals surface area contributed by atoms with E-state index in [1.165, 1.54) is 244 Å². The largest absolute Gasteiger partial charge is 0.472 e. The molecule has 100 heavy (non-hydrogen) atoms. The standard InChI is InChI=1S/C81H156O17P2/c1-5-9-13-17-21-25-29-33-36-37-40-44-48-52-56-60-64-68-81(86)98-77(72-92-79(84)66-62-58-54-50-46-42-38-34-30-26-22-18-14-10-6-2)74-96-100(89,90)94-70-75(82)69-93-99(87,88)95-73-76(71-91-78(83)65-61-57-53-49-45-41-32-28-24-20-16-12-8-4)97-80(85)67-63-59-55-51-47-43-39-35-31-27-23-19-15-11-7-3/h35,39,75-77,82H,5-34,36-38,40-74H2,1-4H3,(H,87,88)(H,89,90)/b39-35-/t75-,76+,77+/m0/s1. The molecule has 0 aromatic rings. The van der Waals surface area contributed by atoms with Crippen LogP contribution in [0, 0.1) is 0 Å². The van der Waals surface area contributed by atoms with Gasteiger partial charge in [-0.2, -0.15) is 0 Å². The fourth-order valence-corrected chi connectivity index (χ4v) is 13.9. The Hall–Kier alpha value is -2.20. The number of esters is 4. The van der Waals surface area contributed by atoms with Crippen molar-refractivity contribution in [2.45, 2.75) is 444 Å². The lowest BCUT2D eigenvalue weighted by Crippen LogP contribution is -2.30. The highest BCUT2D eigenvalue weighted by atomic mass is 31.2. The van der Waals surface area contributed by atoms with E-state index in [2.05, 4.69) is 39.8 Å². The first-order valence-corrected chi connectivity index (χ1v) is 44.9. The molecule has 0 heterocycles. The molecule has 0 saturated heterocycles. The van der Waals surface area contributed by atoms with Crippen LogP contribution in [0.15, 0.2) is 12.2 Å². The highest BCUT2D eigenvalue weighted by molar-refractivity contribution is 7.47. The molecule has 0 saturated carbocycles. The van der Waals surface area contributed by atoms with Crippen molar-refractivity contribution in [2.24, 2.45) is 0 Å². The quantitative estimate of drug-likeness (QED) is 0.0169. The van der Waals surface area contributed by atoms with Crippen molar-refractivity contribution in [3.05, 3.63) is 12.2 Å². The summed E-state index contributed by atoms with van der Waals surface area (Å²) in [6.45, 7) is 5.01. The van der Waals surface area contributed by atoms with Crippen LogP contribution < -0.4 is 0 Å². The lowest BCUT2D eigenvalue weighted by Gasteiger charge is -2.21. The van der Waals surface area contributed by atoms with E-state index >= 15 is 0 Å². The lowest BCUT2D eigenvalue weighted by molar-refractivity contribution is -0.161. The predicted octanol–water partition coefficient (Wildman–Crippen LogP) is 24.3. The van der Waals surface area contributed by atoms with Gasteiger partial charge in [0.2, 0.25) is 0 Å². The summed E-state index contributed by atoms with van der Waals surface area (Å²) < 4.78 is 68.7. The van der Waals surface area contributed by atoms with Gasteiger partial charge >= 0.3 is 39.5 Å². The molecule has 0 aliphatic carbocycles. The van der Waals surface area contributed by atoms with Crippen molar-refractivity contribution in [2.75, 3.05) is 39.6 Å². The molecule has 17 nitrogen and oxygen atoms in total. The van der Waals surface area contributed by atoms with Gasteiger partial charge in [0.05, 0.1) is 26.4 Å². The van der Waals surface area contributed by atoms with Crippen LogP contribution in [0.2, 0.25) is 0 Å². The number of unbranched alkanes of at least 4 members (excludes halogenated alkanes) is 53. The minimum Gasteiger partial charge on any atom is -0.462 e. The molecule has 2 unspecified atom stereocenters. The third kappa shape index (κ3) is 74.1. The van der Waals surface area contributed by atoms with E-state index in [1.54, 1.807) is 0 Å². The summed E-state index contributed by atoms with van der Waals surface area (Å²) in [6.07, 6.45) is 68.9. The van der Waals surface area contributed by atoms with Crippen molar-refractivity contribution in [3.8, 4) is 0 Å². The van der Waals surface area contributed by atoms with Gasteiger partial charge in [-0.1, -0.05) is 361 Å². The smallest absolute Gasteiger partial charge is 0.462 e. The summed E-state index contributed by atoms with van der Waals surface area (Å²) in [6, 6.07) is 0. The van der Waals surface area contributed by atoms with Gasteiger partial charge in [0, 0.05) is 25.7 Å². The highest BCUT2D eigenvalue weighted by Crippen LogP contribution is 2.45.